The van der Waals surface area contributed by atoms with Crippen molar-refractivity contribution in [1.82, 2.24) is 4.31 Å². The molecule has 118 valence electrons. The summed E-state index contributed by atoms with van der Waals surface area (Å²) in [6, 6.07) is 6.88. The molecule has 1 aromatic carbocycles. The fourth-order valence-electron chi connectivity index (χ4n) is 2.89. The summed E-state index contributed by atoms with van der Waals surface area (Å²) in [7, 11) is -3.55. The zero-order valence-electron chi connectivity index (χ0n) is 12.3. The van der Waals surface area contributed by atoms with E-state index in [0.29, 0.717) is 6.54 Å². The largest absolute Gasteiger partial charge is 0.328 e. The fraction of sp³-hybridized carbons (Fsp3) is 0.600. The van der Waals surface area contributed by atoms with E-state index in [2.05, 4.69) is 0 Å². The van der Waals surface area contributed by atoms with Gasteiger partial charge < -0.3 is 5.73 Å². The van der Waals surface area contributed by atoms with Crippen LogP contribution in [0.1, 0.15) is 39.0 Å². The van der Waals surface area contributed by atoms with Crippen LogP contribution in [-0.4, -0.2) is 31.4 Å². The van der Waals surface area contributed by atoms with Crippen LogP contribution < -0.4 is 5.73 Å². The number of halogens is 1. The van der Waals surface area contributed by atoms with Gasteiger partial charge in [-0.2, -0.15) is 4.31 Å². The molecule has 0 radical (unpaired) electrons. The molecule has 0 unspecified atom stereocenters. The third kappa shape index (κ3) is 3.77. The highest BCUT2D eigenvalue weighted by Crippen LogP contribution is 2.30. The van der Waals surface area contributed by atoms with Crippen LogP contribution in [0.3, 0.4) is 0 Å². The molecular weight excluding hydrogens is 308 g/mol. The first-order valence-corrected chi connectivity index (χ1v) is 9.30. The van der Waals surface area contributed by atoms with Crippen LogP contribution in [0.25, 0.3) is 0 Å². The normalized spacial score (nSPS) is 23.4. The topological polar surface area (TPSA) is 63.4 Å². The van der Waals surface area contributed by atoms with Crippen LogP contribution in [0.4, 0.5) is 0 Å². The number of hydrogen-bond donors (Lipinski definition) is 1. The first kappa shape index (κ1) is 16.7. The molecule has 2 N–H and O–H groups in total. The van der Waals surface area contributed by atoms with Gasteiger partial charge in [-0.1, -0.05) is 30.7 Å². The fourth-order valence-corrected chi connectivity index (χ4v) is 5.16. The molecule has 1 aliphatic carbocycles. The molecule has 0 heterocycles. The van der Waals surface area contributed by atoms with Crippen LogP contribution in [0, 0.1) is 0 Å². The third-order valence-electron chi connectivity index (χ3n) is 4.02. The maximum atomic E-state index is 12.9. The van der Waals surface area contributed by atoms with Gasteiger partial charge in [0.1, 0.15) is 4.90 Å². The molecule has 0 saturated heterocycles. The Kier molecular flexibility index (Phi) is 5.66. The summed E-state index contributed by atoms with van der Waals surface area (Å²) in [4.78, 5) is 0.204. The zero-order chi connectivity index (χ0) is 15.5. The summed E-state index contributed by atoms with van der Waals surface area (Å²) < 4.78 is 27.5. The number of hydrogen-bond acceptors (Lipinski definition) is 3. The number of nitrogens with zero attached hydrogens (tertiary/aromatic N) is 1. The van der Waals surface area contributed by atoms with Crippen molar-refractivity contribution < 1.29 is 8.42 Å². The average Bonchev–Trinajstić information content (AvgIpc) is 2.46. The minimum Gasteiger partial charge on any atom is -0.328 e. The molecule has 21 heavy (non-hydrogen) atoms. The highest BCUT2D eigenvalue weighted by Gasteiger charge is 2.33. The Balaban J connectivity index is 2.31. The molecule has 1 fully saturated rings. The summed E-state index contributed by atoms with van der Waals surface area (Å²) in [5.74, 6) is 0. The second-order valence-electron chi connectivity index (χ2n) is 5.61. The van der Waals surface area contributed by atoms with Crippen molar-refractivity contribution in [2.24, 2.45) is 5.73 Å². The minimum atomic E-state index is -3.55. The molecule has 2 rings (SSSR count). The Bertz CT molecular complexity index is 569. The van der Waals surface area contributed by atoms with E-state index in [1.807, 2.05) is 6.92 Å². The van der Waals surface area contributed by atoms with Gasteiger partial charge in [-0.25, -0.2) is 8.42 Å². The van der Waals surface area contributed by atoms with Crippen molar-refractivity contribution in [3.8, 4) is 0 Å². The van der Waals surface area contributed by atoms with Crippen LogP contribution in [0.15, 0.2) is 29.2 Å². The Morgan fingerprint density at radius 3 is 2.43 bits per heavy atom. The number of benzene rings is 1. The molecule has 0 atom stereocenters. The summed E-state index contributed by atoms with van der Waals surface area (Å²) in [6.45, 7) is 2.51. The molecule has 0 aromatic heterocycles. The molecule has 6 heteroatoms. The lowest BCUT2D eigenvalue weighted by Gasteiger charge is -2.35. The van der Waals surface area contributed by atoms with Crippen LogP contribution in [-0.2, 0) is 10.0 Å². The van der Waals surface area contributed by atoms with E-state index in [1.54, 1.807) is 28.6 Å². The van der Waals surface area contributed by atoms with Crippen molar-refractivity contribution in [3.05, 3.63) is 29.3 Å². The first-order valence-electron chi connectivity index (χ1n) is 7.48. The third-order valence-corrected chi connectivity index (χ3v) is 6.47. The lowest BCUT2D eigenvalue weighted by Crippen LogP contribution is -2.44. The predicted molar refractivity (Wildman–Crippen MR) is 85.9 cm³/mol. The lowest BCUT2D eigenvalue weighted by molar-refractivity contribution is 0.240. The van der Waals surface area contributed by atoms with Gasteiger partial charge in [-0.05, 0) is 44.2 Å². The van der Waals surface area contributed by atoms with Crippen LogP contribution in [0.2, 0.25) is 5.02 Å². The molecule has 1 aromatic rings. The molecule has 0 amide bonds. The minimum absolute atomic E-state index is 0.0334. The summed E-state index contributed by atoms with van der Waals surface area (Å²) in [6.07, 6.45) is 4.19. The highest BCUT2D eigenvalue weighted by atomic mass is 35.5. The standard InChI is InChI=1S/C15H23ClN2O2S/c1-2-11-18(13-9-7-12(17)8-10-13)21(19,20)15-6-4-3-5-14(15)16/h3-6,12-13H,2,7-11,17H2,1H3. The van der Waals surface area contributed by atoms with E-state index in [9.17, 15) is 8.42 Å². The van der Waals surface area contributed by atoms with E-state index in [0.717, 1.165) is 32.1 Å². The van der Waals surface area contributed by atoms with E-state index >= 15 is 0 Å². The molecule has 1 aliphatic rings. The second kappa shape index (κ2) is 7.09. The quantitative estimate of drug-likeness (QED) is 0.902. The van der Waals surface area contributed by atoms with Crippen molar-refractivity contribution >= 4 is 21.6 Å². The van der Waals surface area contributed by atoms with E-state index in [4.69, 9.17) is 17.3 Å². The highest BCUT2D eigenvalue weighted by molar-refractivity contribution is 7.89. The van der Waals surface area contributed by atoms with E-state index in [1.165, 1.54) is 0 Å². The van der Waals surface area contributed by atoms with Crippen molar-refractivity contribution in [2.75, 3.05) is 6.54 Å². The zero-order valence-corrected chi connectivity index (χ0v) is 13.9. The van der Waals surface area contributed by atoms with E-state index < -0.39 is 10.0 Å². The van der Waals surface area contributed by atoms with Crippen LogP contribution >= 0.6 is 11.6 Å². The Morgan fingerprint density at radius 1 is 1.24 bits per heavy atom. The maximum Gasteiger partial charge on any atom is 0.244 e. The number of nitrogens with two attached hydrogens (primary N) is 1. The molecular formula is C15H23ClN2O2S. The van der Waals surface area contributed by atoms with Gasteiger partial charge >= 0.3 is 0 Å². The van der Waals surface area contributed by atoms with Gasteiger partial charge in [-0.3, -0.25) is 0 Å². The van der Waals surface area contributed by atoms with Gasteiger partial charge in [0, 0.05) is 18.6 Å². The summed E-state index contributed by atoms with van der Waals surface area (Å²) in [5.41, 5.74) is 5.93. The van der Waals surface area contributed by atoms with Gasteiger partial charge in [0.05, 0.1) is 5.02 Å². The Hall–Kier alpha value is -0.620. The molecule has 0 bridgehead atoms. The van der Waals surface area contributed by atoms with Crippen molar-refractivity contribution in [2.45, 2.75) is 56.0 Å². The summed E-state index contributed by atoms with van der Waals surface area (Å²) >= 11 is 6.09. The van der Waals surface area contributed by atoms with Crippen molar-refractivity contribution in [1.29, 1.82) is 0 Å². The second-order valence-corrected chi connectivity index (χ2v) is 7.88. The first-order chi connectivity index (χ1) is 9.96. The molecule has 4 nitrogen and oxygen atoms in total. The lowest BCUT2D eigenvalue weighted by atomic mass is 9.92. The van der Waals surface area contributed by atoms with Crippen LogP contribution in [0.5, 0.6) is 0 Å². The van der Waals surface area contributed by atoms with Crippen molar-refractivity contribution in [3.63, 3.8) is 0 Å². The van der Waals surface area contributed by atoms with Gasteiger partial charge in [0.25, 0.3) is 0 Å². The summed E-state index contributed by atoms with van der Waals surface area (Å²) in [5, 5.41) is 0.283. The predicted octanol–water partition coefficient (Wildman–Crippen LogP) is 3.01. The SMILES string of the molecule is CCCN(C1CCC(N)CC1)S(=O)(=O)c1ccccc1Cl. The smallest absolute Gasteiger partial charge is 0.244 e. The van der Waals surface area contributed by atoms with Gasteiger partial charge in [0.2, 0.25) is 10.0 Å². The maximum absolute atomic E-state index is 12.9. The van der Waals surface area contributed by atoms with Gasteiger partial charge in [-0.15, -0.1) is 0 Å². The monoisotopic (exact) mass is 330 g/mol. The number of rotatable bonds is 5. The molecule has 1 saturated carbocycles. The van der Waals surface area contributed by atoms with Gasteiger partial charge in [0.15, 0.2) is 0 Å². The molecule has 0 aliphatic heterocycles. The Labute approximate surface area is 132 Å². The Morgan fingerprint density at radius 2 is 1.86 bits per heavy atom. The molecule has 0 spiro atoms. The van der Waals surface area contributed by atoms with E-state index in [-0.39, 0.29) is 22.0 Å². The number of sulfonamides is 1. The average molecular weight is 331 g/mol.